The predicted octanol–water partition coefficient (Wildman–Crippen LogP) is 3.23. The molecule has 1 aliphatic rings. The molecule has 1 aromatic carbocycles. The number of nitrogens with zero attached hydrogens (tertiary/aromatic N) is 1. The van der Waals surface area contributed by atoms with E-state index in [4.69, 9.17) is 26.8 Å². The first-order valence-corrected chi connectivity index (χ1v) is 8.04. The Balaban J connectivity index is 2.25. The van der Waals surface area contributed by atoms with Gasteiger partial charge in [-0.2, -0.15) is 0 Å². The van der Waals surface area contributed by atoms with Crippen molar-refractivity contribution in [3.05, 3.63) is 22.7 Å². The minimum atomic E-state index is 0.145. The molecule has 0 saturated carbocycles. The summed E-state index contributed by atoms with van der Waals surface area (Å²) in [6.07, 6.45) is 3.20. The Hall–Kier alpha value is -0.970. The van der Waals surface area contributed by atoms with E-state index in [1.54, 1.807) is 0 Å². The average Bonchev–Trinajstić information content (AvgIpc) is 2.71. The molecule has 5 heteroatoms. The molecule has 1 aromatic rings. The fourth-order valence-corrected chi connectivity index (χ4v) is 2.85. The third-order valence-electron chi connectivity index (χ3n) is 3.83. The van der Waals surface area contributed by atoms with E-state index in [1.807, 2.05) is 12.1 Å². The van der Waals surface area contributed by atoms with Gasteiger partial charge in [-0.3, -0.25) is 4.90 Å². The molecule has 1 unspecified atom stereocenters. The highest BCUT2D eigenvalue weighted by Crippen LogP contribution is 2.40. The maximum absolute atomic E-state index is 6.37. The first-order valence-electron chi connectivity index (χ1n) is 7.66. The summed E-state index contributed by atoms with van der Waals surface area (Å²) in [5.41, 5.74) is 7.07. The van der Waals surface area contributed by atoms with E-state index in [1.165, 1.54) is 6.42 Å². The van der Waals surface area contributed by atoms with Crippen molar-refractivity contribution in [2.24, 2.45) is 5.73 Å². The van der Waals surface area contributed by atoms with Crippen molar-refractivity contribution in [2.45, 2.75) is 32.2 Å². The number of fused-ring (bicyclic) bond motifs is 1. The van der Waals surface area contributed by atoms with Crippen molar-refractivity contribution >= 4 is 11.6 Å². The van der Waals surface area contributed by atoms with Crippen LogP contribution in [-0.4, -0.2) is 38.3 Å². The third-order valence-corrected chi connectivity index (χ3v) is 4.11. The number of unbranched alkanes of at least 4 members (excludes halogenated alkanes) is 1. The first-order chi connectivity index (χ1) is 10.2. The lowest BCUT2D eigenvalue weighted by molar-refractivity contribution is 0.245. The zero-order valence-corrected chi connectivity index (χ0v) is 13.7. The zero-order valence-electron chi connectivity index (χ0n) is 12.9. The fraction of sp³-hybridized carbons (Fsp3) is 0.625. The van der Waals surface area contributed by atoms with Crippen LogP contribution in [0.25, 0.3) is 0 Å². The Morgan fingerprint density at radius 3 is 2.81 bits per heavy atom. The summed E-state index contributed by atoms with van der Waals surface area (Å²) >= 11 is 6.37. The van der Waals surface area contributed by atoms with Gasteiger partial charge in [-0.05, 0) is 37.7 Å². The van der Waals surface area contributed by atoms with Crippen molar-refractivity contribution < 1.29 is 9.47 Å². The van der Waals surface area contributed by atoms with E-state index in [9.17, 15) is 0 Å². The van der Waals surface area contributed by atoms with Crippen LogP contribution in [0.5, 0.6) is 11.5 Å². The highest BCUT2D eigenvalue weighted by Gasteiger charge is 2.21. The molecule has 1 atom stereocenters. The second kappa shape index (κ2) is 7.87. The Labute approximate surface area is 132 Å². The normalized spacial score (nSPS) is 15.9. The number of nitrogens with two attached hydrogens (primary N) is 1. The minimum absolute atomic E-state index is 0.145. The van der Waals surface area contributed by atoms with E-state index >= 15 is 0 Å². The summed E-state index contributed by atoms with van der Waals surface area (Å²) in [7, 11) is 2.10. The number of likely N-dealkylation sites (N-methyl/N-ethyl adjacent to an activating group) is 1. The van der Waals surface area contributed by atoms with E-state index in [-0.39, 0.29) is 6.04 Å². The molecule has 0 spiro atoms. The van der Waals surface area contributed by atoms with E-state index in [0.29, 0.717) is 30.5 Å². The maximum atomic E-state index is 6.37. The summed E-state index contributed by atoms with van der Waals surface area (Å²) in [4.78, 5) is 2.28. The lowest BCUT2D eigenvalue weighted by atomic mass is 10.0. The summed E-state index contributed by atoms with van der Waals surface area (Å²) in [6.45, 7) is 5.06. The van der Waals surface area contributed by atoms with Crippen molar-refractivity contribution in [1.29, 1.82) is 0 Å². The molecular formula is C16H25ClN2O2. The maximum Gasteiger partial charge on any atom is 0.179 e. The molecule has 2 N–H and O–H groups in total. The standard InChI is InChI=1S/C16H25ClN2O2/c1-3-4-6-19(2)14(11-18)12-9-13(17)16-15(10-12)20-7-5-8-21-16/h9-10,14H,3-8,11,18H2,1-2H3. The monoisotopic (exact) mass is 312 g/mol. The second-order valence-electron chi connectivity index (χ2n) is 5.47. The van der Waals surface area contributed by atoms with Gasteiger partial charge in [0.25, 0.3) is 0 Å². The number of ether oxygens (including phenoxy) is 2. The van der Waals surface area contributed by atoms with Gasteiger partial charge in [-0.15, -0.1) is 0 Å². The van der Waals surface area contributed by atoms with Crippen molar-refractivity contribution in [3.63, 3.8) is 0 Å². The van der Waals surface area contributed by atoms with Crippen LogP contribution in [0.15, 0.2) is 12.1 Å². The van der Waals surface area contributed by atoms with Crippen LogP contribution >= 0.6 is 11.6 Å². The molecule has 4 nitrogen and oxygen atoms in total. The van der Waals surface area contributed by atoms with Crippen LogP contribution < -0.4 is 15.2 Å². The number of rotatable bonds is 6. The second-order valence-corrected chi connectivity index (χ2v) is 5.87. The van der Waals surface area contributed by atoms with Crippen LogP contribution in [0.1, 0.15) is 37.8 Å². The van der Waals surface area contributed by atoms with Gasteiger partial charge in [0.05, 0.1) is 18.2 Å². The van der Waals surface area contributed by atoms with E-state index < -0.39 is 0 Å². The van der Waals surface area contributed by atoms with Crippen LogP contribution in [0.3, 0.4) is 0 Å². The van der Waals surface area contributed by atoms with Crippen LogP contribution in [0, 0.1) is 0 Å². The van der Waals surface area contributed by atoms with Gasteiger partial charge in [0.2, 0.25) is 0 Å². The summed E-state index contributed by atoms with van der Waals surface area (Å²) in [5.74, 6) is 1.39. The fourth-order valence-electron chi connectivity index (χ4n) is 2.58. The summed E-state index contributed by atoms with van der Waals surface area (Å²) in [6, 6.07) is 4.12. The molecule has 1 aliphatic heterocycles. The number of hydrogen-bond acceptors (Lipinski definition) is 4. The topological polar surface area (TPSA) is 47.7 Å². The smallest absolute Gasteiger partial charge is 0.179 e. The van der Waals surface area contributed by atoms with Gasteiger partial charge < -0.3 is 15.2 Å². The highest BCUT2D eigenvalue weighted by molar-refractivity contribution is 6.32. The van der Waals surface area contributed by atoms with Gasteiger partial charge in [0.1, 0.15) is 0 Å². The van der Waals surface area contributed by atoms with Crippen LogP contribution in [-0.2, 0) is 0 Å². The molecule has 1 heterocycles. The Kier molecular flexibility index (Phi) is 6.15. The van der Waals surface area contributed by atoms with Crippen molar-refractivity contribution in [1.82, 2.24) is 4.90 Å². The molecule has 21 heavy (non-hydrogen) atoms. The molecule has 2 rings (SSSR count). The van der Waals surface area contributed by atoms with Gasteiger partial charge >= 0.3 is 0 Å². The molecule has 0 fully saturated rings. The number of hydrogen-bond donors (Lipinski definition) is 1. The zero-order chi connectivity index (χ0) is 15.2. The predicted molar refractivity (Wildman–Crippen MR) is 86.4 cm³/mol. The lowest BCUT2D eigenvalue weighted by Crippen LogP contribution is -2.31. The van der Waals surface area contributed by atoms with E-state index in [0.717, 1.165) is 30.7 Å². The van der Waals surface area contributed by atoms with Crippen LogP contribution in [0.4, 0.5) is 0 Å². The molecule has 0 saturated heterocycles. The molecule has 118 valence electrons. The average molecular weight is 313 g/mol. The summed E-state index contributed by atoms with van der Waals surface area (Å²) in [5, 5.41) is 0.603. The van der Waals surface area contributed by atoms with Crippen molar-refractivity contribution in [3.8, 4) is 11.5 Å². The van der Waals surface area contributed by atoms with Gasteiger partial charge in [0, 0.05) is 19.0 Å². The number of halogens is 1. The van der Waals surface area contributed by atoms with Crippen LogP contribution in [0.2, 0.25) is 5.02 Å². The van der Waals surface area contributed by atoms with Gasteiger partial charge in [0.15, 0.2) is 11.5 Å². The van der Waals surface area contributed by atoms with Gasteiger partial charge in [-0.1, -0.05) is 24.9 Å². The quantitative estimate of drug-likeness (QED) is 0.876. The molecule has 0 bridgehead atoms. The largest absolute Gasteiger partial charge is 0.489 e. The third kappa shape index (κ3) is 4.02. The van der Waals surface area contributed by atoms with Gasteiger partial charge in [-0.25, -0.2) is 0 Å². The molecule has 0 aliphatic carbocycles. The Morgan fingerprint density at radius 1 is 1.33 bits per heavy atom. The molecule has 0 amide bonds. The highest BCUT2D eigenvalue weighted by atomic mass is 35.5. The van der Waals surface area contributed by atoms with Crippen molar-refractivity contribution in [2.75, 3.05) is 33.4 Å². The molecular weight excluding hydrogens is 288 g/mol. The van der Waals surface area contributed by atoms with E-state index in [2.05, 4.69) is 18.9 Å². The molecule has 0 aromatic heterocycles. The molecule has 0 radical (unpaired) electrons. The number of benzene rings is 1. The SMILES string of the molecule is CCCCN(C)C(CN)c1cc(Cl)c2c(c1)OCCCO2. The lowest BCUT2D eigenvalue weighted by Gasteiger charge is -2.28. The first kappa shape index (κ1) is 16.4. The Morgan fingerprint density at radius 2 is 2.10 bits per heavy atom. The minimum Gasteiger partial charge on any atom is -0.489 e. The Bertz CT molecular complexity index is 468. The summed E-state index contributed by atoms with van der Waals surface area (Å²) < 4.78 is 11.4.